The SMILES string of the molecule is COc1cc(/C=C2\NC(=S)N(C)C2=O)cc(Cl)c1OCc1ccccc1Cl. The molecule has 0 aromatic heterocycles. The van der Waals surface area contributed by atoms with Crippen molar-refractivity contribution < 1.29 is 14.3 Å². The van der Waals surface area contributed by atoms with Gasteiger partial charge in [0.1, 0.15) is 12.3 Å². The zero-order valence-corrected chi connectivity index (χ0v) is 16.9. The lowest BCUT2D eigenvalue weighted by molar-refractivity contribution is -0.121. The Labute approximate surface area is 172 Å². The van der Waals surface area contributed by atoms with Gasteiger partial charge in [0.2, 0.25) is 0 Å². The first-order chi connectivity index (χ1) is 12.9. The quantitative estimate of drug-likeness (QED) is 0.575. The van der Waals surface area contributed by atoms with Gasteiger partial charge in [0.25, 0.3) is 5.91 Å². The van der Waals surface area contributed by atoms with Crippen LogP contribution in [0.15, 0.2) is 42.1 Å². The van der Waals surface area contributed by atoms with Gasteiger partial charge in [0.15, 0.2) is 16.6 Å². The van der Waals surface area contributed by atoms with Crippen molar-refractivity contribution in [3.8, 4) is 11.5 Å². The molecule has 8 heteroatoms. The summed E-state index contributed by atoms with van der Waals surface area (Å²) < 4.78 is 11.2. The number of hydrogen-bond donors (Lipinski definition) is 1. The summed E-state index contributed by atoms with van der Waals surface area (Å²) in [5.74, 6) is 0.636. The highest BCUT2D eigenvalue weighted by Crippen LogP contribution is 2.38. The van der Waals surface area contributed by atoms with Crippen molar-refractivity contribution in [1.29, 1.82) is 0 Å². The molecule has 0 saturated carbocycles. The number of methoxy groups -OCH3 is 1. The Morgan fingerprint density at radius 3 is 2.59 bits per heavy atom. The number of carbonyl (C=O) groups excluding carboxylic acids is 1. The molecule has 140 valence electrons. The Morgan fingerprint density at radius 2 is 1.96 bits per heavy atom. The number of amides is 1. The summed E-state index contributed by atoms with van der Waals surface area (Å²) in [6.07, 6.45) is 1.66. The van der Waals surface area contributed by atoms with Crippen LogP contribution in [-0.2, 0) is 11.4 Å². The predicted octanol–water partition coefficient (Wildman–Crippen LogP) is 4.27. The molecule has 0 bridgehead atoms. The van der Waals surface area contributed by atoms with Gasteiger partial charge in [-0.05, 0) is 42.1 Å². The molecule has 1 saturated heterocycles. The Morgan fingerprint density at radius 1 is 1.22 bits per heavy atom. The molecule has 0 spiro atoms. The molecule has 2 aromatic rings. The van der Waals surface area contributed by atoms with Crippen LogP contribution < -0.4 is 14.8 Å². The molecule has 0 atom stereocenters. The second-order valence-electron chi connectivity index (χ2n) is 5.77. The van der Waals surface area contributed by atoms with E-state index in [4.69, 9.17) is 44.9 Å². The van der Waals surface area contributed by atoms with Gasteiger partial charge in [-0.25, -0.2) is 0 Å². The lowest BCUT2D eigenvalue weighted by atomic mass is 10.1. The fraction of sp³-hybridized carbons (Fsp3) is 0.158. The summed E-state index contributed by atoms with van der Waals surface area (Å²) in [5, 5.41) is 4.18. The molecule has 1 amide bonds. The summed E-state index contributed by atoms with van der Waals surface area (Å²) in [7, 11) is 3.13. The predicted molar refractivity (Wildman–Crippen MR) is 110 cm³/mol. The molecule has 0 aliphatic carbocycles. The van der Waals surface area contributed by atoms with E-state index in [2.05, 4.69) is 5.32 Å². The first kappa shape index (κ1) is 19.5. The van der Waals surface area contributed by atoms with Gasteiger partial charge in [0.05, 0.1) is 12.1 Å². The summed E-state index contributed by atoms with van der Waals surface area (Å²) in [6.45, 7) is 0.245. The maximum absolute atomic E-state index is 12.1. The van der Waals surface area contributed by atoms with Gasteiger partial charge < -0.3 is 14.8 Å². The van der Waals surface area contributed by atoms with Gasteiger partial charge >= 0.3 is 0 Å². The molecule has 1 aliphatic heterocycles. The number of likely N-dealkylation sites (N-methyl/N-ethyl adjacent to an activating group) is 1. The van der Waals surface area contributed by atoms with Gasteiger partial charge in [0, 0.05) is 17.6 Å². The van der Waals surface area contributed by atoms with Crippen LogP contribution in [0.4, 0.5) is 0 Å². The van der Waals surface area contributed by atoms with Crippen LogP contribution >= 0.6 is 35.4 Å². The maximum Gasteiger partial charge on any atom is 0.276 e. The van der Waals surface area contributed by atoms with Crippen molar-refractivity contribution in [3.63, 3.8) is 0 Å². The number of rotatable bonds is 5. The Kier molecular flexibility index (Phi) is 5.89. The second kappa shape index (κ2) is 8.17. The Hall–Kier alpha value is -2.28. The molecule has 2 aromatic carbocycles. The van der Waals surface area contributed by atoms with E-state index in [1.54, 1.807) is 31.3 Å². The van der Waals surface area contributed by atoms with Gasteiger partial charge in [-0.2, -0.15) is 0 Å². The van der Waals surface area contributed by atoms with Crippen LogP contribution in [0.5, 0.6) is 11.5 Å². The molecule has 1 fully saturated rings. The van der Waals surface area contributed by atoms with Gasteiger partial charge in [-0.3, -0.25) is 9.69 Å². The van der Waals surface area contributed by atoms with E-state index in [0.29, 0.717) is 37.9 Å². The van der Waals surface area contributed by atoms with E-state index >= 15 is 0 Å². The third-order valence-corrected chi connectivity index (χ3v) is 5.00. The maximum atomic E-state index is 12.1. The average molecular weight is 423 g/mol. The molecule has 27 heavy (non-hydrogen) atoms. The molecule has 3 rings (SSSR count). The molecule has 1 N–H and O–H groups in total. The van der Waals surface area contributed by atoms with Crippen LogP contribution in [0, 0.1) is 0 Å². The largest absolute Gasteiger partial charge is 0.493 e. The van der Waals surface area contributed by atoms with E-state index in [-0.39, 0.29) is 12.5 Å². The monoisotopic (exact) mass is 422 g/mol. The van der Waals surface area contributed by atoms with E-state index in [0.717, 1.165) is 5.56 Å². The smallest absolute Gasteiger partial charge is 0.276 e. The number of thiocarbonyl (C=S) groups is 1. The van der Waals surface area contributed by atoms with Crippen molar-refractivity contribution in [3.05, 3.63) is 63.3 Å². The van der Waals surface area contributed by atoms with Crippen LogP contribution in [0.2, 0.25) is 10.0 Å². The average Bonchev–Trinajstić information content (AvgIpc) is 2.88. The topological polar surface area (TPSA) is 50.8 Å². The summed E-state index contributed by atoms with van der Waals surface area (Å²) >= 11 is 17.6. The van der Waals surface area contributed by atoms with Crippen LogP contribution in [0.1, 0.15) is 11.1 Å². The second-order valence-corrected chi connectivity index (χ2v) is 6.97. The van der Waals surface area contributed by atoms with E-state index in [9.17, 15) is 4.79 Å². The molecular formula is C19H16Cl2N2O3S. The van der Waals surface area contributed by atoms with Crippen LogP contribution in [-0.4, -0.2) is 30.1 Å². The summed E-state index contributed by atoms with van der Waals surface area (Å²) in [6, 6.07) is 10.8. The zero-order chi connectivity index (χ0) is 19.6. The highest BCUT2D eigenvalue weighted by molar-refractivity contribution is 7.80. The molecular weight excluding hydrogens is 407 g/mol. The van der Waals surface area contributed by atoms with E-state index in [1.165, 1.54) is 12.0 Å². The third kappa shape index (κ3) is 4.18. The zero-order valence-electron chi connectivity index (χ0n) is 14.6. The van der Waals surface area contributed by atoms with Gasteiger partial charge in [-0.1, -0.05) is 41.4 Å². The van der Waals surface area contributed by atoms with E-state index < -0.39 is 0 Å². The highest BCUT2D eigenvalue weighted by Gasteiger charge is 2.27. The standard InChI is InChI=1S/C19H16Cl2N2O3S/c1-23-18(24)15(22-19(23)27)8-11-7-14(21)17(16(9-11)25-2)26-10-12-5-3-4-6-13(12)20/h3-9H,10H2,1-2H3,(H,22,27)/b15-8-. The first-order valence-corrected chi connectivity index (χ1v) is 9.11. The van der Waals surface area contributed by atoms with Gasteiger partial charge in [-0.15, -0.1) is 0 Å². The minimum atomic E-state index is -0.214. The molecule has 0 unspecified atom stereocenters. The van der Waals surface area contributed by atoms with Crippen molar-refractivity contribution in [2.45, 2.75) is 6.61 Å². The third-order valence-electron chi connectivity index (χ3n) is 3.97. The lowest BCUT2D eigenvalue weighted by Gasteiger charge is -2.14. The number of benzene rings is 2. The Bertz CT molecular complexity index is 947. The van der Waals surface area contributed by atoms with Crippen molar-refractivity contribution in [1.82, 2.24) is 10.2 Å². The fourth-order valence-corrected chi connectivity index (χ4v) is 3.18. The molecule has 1 aliphatic rings. The van der Waals surface area contributed by atoms with Crippen LogP contribution in [0.25, 0.3) is 6.08 Å². The normalized spacial score (nSPS) is 15.3. The van der Waals surface area contributed by atoms with Crippen molar-refractivity contribution in [2.75, 3.05) is 14.2 Å². The van der Waals surface area contributed by atoms with E-state index in [1.807, 2.05) is 18.2 Å². The summed E-state index contributed by atoms with van der Waals surface area (Å²) in [4.78, 5) is 13.5. The number of hydrogen-bond acceptors (Lipinski definition) is 4. The number of carbonyl (C=O) groups is 1. The minimum Gasteiger partial charge on any atom is -0.493 e. The number of nitrogens with zero attached hydrogens (tertiary/aromatic N) is 1. The lowest BCUT2D eigenvalue weighted by Crippen LogP contribution is -2.25. The number of halogens is 2. The molecule has 0 radical (unpaired) electrons. The number of ether oxygens (including phenoxy) is 2. The van der Waals surface area contributed by atoms with Crippen molar-refractivity contribution >= 4 is 52.5 Å². The molecule has 5 nitrogen and oxygen atoms in total. The minimum absolute atomic E-state index is 0.214. The Balaban J connectivity index is 1.87. The fourth-order valence-electron chi connectivity index (χ4n) is 2.52. The summed E-state index contributed by atoms with van der Waals surface area (Å²) in [5.41, 5.74) is 1.88. The molecule has 1 heterocycles. The van der Waals surface area contributed by atoms with Crippen LogP contribution in [0.3, 0.4) is 0 Å². The van der Waals surface area contributed by atoms with Crippen molar-refractivity contribution in [2.24, 2.45) is 0 Å². The first-order valence-electron chi connectivity index (χ1n) is 7.95. The number of nitrogens with one attached hydrogen (secondary N) is 1. The highest BCUT2D eigenvalue weighted by atomic mass is 35.5.